The lowest BCUT2D eigenvalue weighted by Gasteiger charge is -2.14. The molecule has 0 atom stereocenters. The maximum atomic E-state index is 4.34. The van der Waals surface area contributed by atoms with Crippen molar-refractivity contribution < 1.29 is 0 Å². The lowest BCUT2D eigenvalue weighted by Crippen LogP contribution is -2.07. The van der Waals surface area contributed by atoms with Crippen molar-refractivity contribution in [3.05, 3.63) is 78.1 Å². The predicted molar refractivity (Wildman–Crippen MR) is 104 cm³/mol. The van der Waals surface area contributed by atoms with Crippen LogP contribution in [0.15, 0.2) is 67.0 Å². The Bertz CT molecular complexity index is 800. The maximum Gasteiger partial charge on any atom is 0.135 e. The van der Waals surface area contributed by atoms with E-state index in [1.165, 1.54) is 11.1 Å². The fraction of sp³-hybridized carbons (Fsp3) is 0.238. The molecule has 128 valence electrons. The number of benzene rings is 2. The standard InChI is InChI=1S/C21H24N4/c1-16(2)18-10-6-7-11-19(18)25-21-14-20(23-15-24-21)22-13-12-17-8-4-3-5-9-17/h3-11,14-16H,12-13H2,1-2H3,(H2,22,23,24,25). The average molecular weight is 332 g/mol. The predicted octanol–water partition coefficient (Wildman–Crippen LogP) is 5.00. The van der Waals surface area contributed by atoms with Gasteiger partial charge in [-0.05, 0) is 29.5 Å². The highest BCUT2D eigenvalue weighted by atomic mass is 15.1. The number of nitrogens with one attached hydrogen (secondary N) is 2. The molecule has 0 aliphatic carbocycles. The molecule has 0 radical (unpaired) electrons. The molecule has 1 heterocycles. The van der Waals surface area contributed by atoms with Crippen LogP contribution in [0, 0.1) is 0 Å². The third-order valence-corrected chi connectivity index (χ3v) is 4.08. The number of nitrogens with zero attached hydrogens (tertiary/aromatic N) is 2. The van der Waals surface area contributed by atoms with Crippen molar-refractivity contribution >= 4 is 17.3 Å². The number of rotatable bonds is 7. The zero-order valence-electron chi connectivity index (χ0n) is 14.7. The number of anilines is 3. The van der Waals surface area contributed by atoms with Gasteiger partial charge in [0.1, 0.15) is 18.0 Å². The molecule has 4 heteroatoms. The molecule has 0 bridgehead atoms. The first-order valence-electron chi connectivity index (χ1n) is 8.68. The Balaban J connectivity index is 1.64. The van der Waals surface area contributed by atoms with E-state index in [4.69, 9.17) is 0 Å². The van der Waals surface area contributed by atoms with E-state index < -0.39 is 0 Å². The van der Waals surface area contributed by atoms with Crippen LogP contribution in [0.1, 0.15) is 30.9 Å². The summed E-state index contributed by atoms with van der Waals surface area (Å²) in [5.74, 6) is 2.08. The molecule has 2 N–H and O–H groups in total. The first-order chi connectivity index (χ1) is 12.2. The highest BCUT2D eigenvalue weighted by Gasteiger charge is 2.07. The van der Waals surface area contributed by atoms with Crippen LogP contribution in [0.4, 0.5) is 17.3 Å². The van der Waals surface area contributed by atoms with Gasteiger partial charge in [-0.25, -0.2) is 9.97 Å². The van der Waals surface area contributed by atoms with Crippen molar-refractivity contribution in [2.75, 3.05) is 17.2 Å². The molecule has 3 aromatic rings. The molecule has 0 aliphatic heterocycles. The molecule has 3 rings (SSSR count). The molecule has 4 nitrogen and oxygen atoms in total. The topological polar surface area (TPSA) is 49.8 Å². The Hall–Kier alpha value is -2.88. The molecule has 0 saturated heterocycles. The van der Waals surface area contributed by atoms with Crippen molar-refractivity contribution in [2.24, 2.45) is 0 Å². The molecule has 1 aromatic heterocycles. The van der Waals surface area contributed by atoms with Crippen molar-refractivity contribution in [3.8, 4) is 0 Å². The monoisotopic (exact) mass is 332 g/mol. The zero-order valence-corrected chi connectivity index (χ0v) is 14.7. The second-order valence-electron chi connectivity index (χ2n) is 6.32. The van der Waals surface area contributed by atoms with Gasteiger partial charge in [0.15, 0.2) is 0 Å². The second kappa shape index (κ2) is 8.29. The van der Waals surface area contributed by atoms with E-state index in [0.29, 0.717) is 5.92 Å². The fourth-order valence-electron chi connectivity index (χ4n) is 2.75. The van der Waals surface area contributed by atoms with Crippen molar-refractivity contribution in [2.45, 2.75) is 26.2 Å². The lowest BCUT2D eigenvalue weighted by atomic mass is 10.0. The van der Waals surface area contributed by atoms with Crippen molar-refractivity contribution in [1.82, 2.24) is 9.97 Å². The molecule has 2 aromatic carbocycles. The van der Waals surface area contributed by atoms with Gasteiger partial charge in [0, 0.05) is 18.3 Å². The number of para-hydroxylation sites is 1. The number of hydrogen-bond acceptors (Lipinski definition) is 4. The molecule has 25 heavy (non-hydrogen) atoms. The summed E-state index contributed by atoms with van der Waals surface area (Å²) in [5.41, 5.74) is 3.68. The Morgan fingerprint density at radius 2 is 1.60 bits per heavy atom. The van der Waals surface area contributed by atoms with E-state index >= 15 is 0 Å². The minimum absolute atomic E-state index is 0.453. The van der Waals surface area contributed by atoms with Crippen molar-refractivity contribution in [3.63, 3.8) is 0 Å². The van der Waals surface area contributed by atoms with Crippen LogP contribution < -0.4 is 10.6 Å². The molecular formula is C21H24N4. The van der Waals surface area contributed by atoms with Crippen molar-refractivity contribution in [1.29, 1.82) is 0 Å². The highest BCUT2D eigenvalue weighted by molar-refractivity contribution is 5.63. The van der Waals surface area contributed by atoms with Gasteiger partial charge in [-0.1, -0.05) is 62.4 Å². The van der Waals surface area contributed by atoms with E-state index in [-0.39, 0.29) is 0 Å². The minimum Gasteiger partial charge on any atom is -0.370 e. The van der Waals surface area contributed by atoms with Crippen LogP contribution in [0.2, 0.25) is 0 Å². The Labute approximate surface area is 149 Å². The Morgan fingerprint density at radius 3 is 2.40 bits per heavy atom. The first kappa shape index (κ1) is 17.0. The Kier molecular flexibility index (Phi) is 5.62. The first-order valence-corrected chi connectivity index (χ1v) is 8.68. The van der Waals surface area contributed by atoms with Gasteiger partial charge in [-0.15, -0.1) is 0 Å². The van der Waals surface area contributed by atoms with Gasteiger partial charge < -0.3 is 10.6 Å². The van der Waals surface area contributed by atoms with Gasteiger partial charge in [-0.3, -0.25) is 0 Å². The van der Waals surface area contributed by atoms with Crippen LogP contribution >= 0.6 is 0 Å². The third-order valence-electron chi connectivity index (χ3n) is 4.08. The lowest BCUT2D eigenvalue weighted by molar-refractivity contribution is 0.869. The molecule has 0 unspecified atom stereocenters. The summed E-state index contributed by atoms with van der Waals surface area (Å²) in [6, 6.07) is 20.7. The average Bonchev–Trinajstić information content (AvgIpc) is 2.63. The normalized spacial score (nSPS) is 10.7. The molecular weight excluding hydrogens is 308 g/mol. The summed E-state index contributed by atoms with van der Waals surface area (Å²) in [5, 5.41) is 6.78. The number of hydrogen-bond donors (Lipinski definition) is 2. The molecule has 0 spiro atoms. The third kappa shape index (κ3) is 4.80. The van der Waals surface area contributed by atoms with Gasteiger partial charge in [0.25, 0.3) is 0 Å². The minimum atomic E-state index is 0.453. The summed E-state index contributed by atoms with van der Waals surface area (Å²) in [4.78, 5) is 8.65. The summed E-state index contributed by atoms with van der Waals surface area (Å²) >= 11 is 0. The summed E-state index contributed by atoms with van der Waals surface area (Å²) in [7, 11) is 0. The van der Waals surface area contributed by atoms with Crippen LogP contribution in [-0.2, 0) is 6.42 Å². The second-order valence-corrected chi connectivity index (χ2v) is 6.32. The van der Waals surface area contributed by atoms with E-state index in [1.807, 2.05) is 18.2 Å². The summed E-state index contributed by atoms with van der Waals surface area (Å²) in [6.07, 6.45) is 2.55. The highest BCUT2D eigenvalue weighted by Crippen LogP contribution is 2.26. The number of aromatic nitrogens is 2. The molecule has 0 fully saturated rings. The van der Waals surface area contributed by atoms with Gasteiger partial charge >= 0.3 is 0 Å². The fourth-order valence-corrected chi connectivity index (χ4v) is 2.75. The van der Waals surface area contributed by atoms with Gasteiger partial charge in [0.2, 0.25) is 0 Å². The van der Waals surface area contributed by atoms with Crippen LogP contribution in [0.5, 0.6) is 0 Å². The molecule has 0 saturated carbocycles. The maximum absolute atomic E-state index is 4.34. The summed E-state index contributed by atoms with van der Waals surface area (Å²) < 4.78 is 0. The van der Waals surface area contributed by atoms with Gasteiger partial charge in [0.05, 0.1) is 0 Å². The van der Waals surface area contributed by atoms with E-state index in [2.05, 4.69) is 76.9 Å². The smallest absolute Gasteiger partial charge is 0.135 e. The van der Waals surface area contributed by atoms with Crippen LogP contribution in [0.3, 0.4) is 0 Å². The van der Waals surface area contributed by atoms with Gasteiger partial charge in [-0.2, -0.15) is 0 Å². The molecule has 0 amide bonds. The van der Waals surface area contributed by atoms with E-state index in [0.717, 1.165) is 30.3 Å². The Morgan fingerprint density at radius 1 is 0.880 bits per heavy atom. The van der Waals surface area contributed by atoms with E-state index in [9.17, 15) is 0 Å². The van der Waals surface area contributed by atoms with Crippen LogP contribution in [-0.4, -0.2) is 16.5 Å². The largest absolute Gasteiger partial charge is 0.370 e. The SMILES string of the molecule is CC(C)c1ccccc1Nc1cc(NCCc2ccccc2)ncn1. The quantitative estimate of drug-likeness (QED) is 0.639. The van der Waals surface area contributed by atoms with E-state index in [1.54, 1.807) is 6.33 Å². The molecule has 0 aliphatic rings. The van der Waals surface area contributed by atoms with Crippen LogP contribution in [0.25, 0.3) is 0 Å². The summed E-state index contributed by atoms with van der Waals surface area (Å²) in [6.45, 7) is 5.22. The zero-order chi connectivity index (χ0) is 17.5.